The average molecular weight is 295 g/mol. The van der Waals surface area contributed by atoms with Gasteiger partial charge in [0.2, 0.25) is 0 Å². The summed E-state index contributed by atoms with van der Waals surface area (Å²) in [5.74, 6) is -0.552. The van der Waals surface area contributed by atoms with Crippen LogP contribution >= 0.6 is 15.9 Å². The summed E-state index contributed by atoms with van der Waals surface area (Å²) in [7, 11) is 1.30. The Balaban J connectivity index is 2.80. The standard InChI is InChI=1S/C13H11BrO3/c1-7-5-8-6-9(14)3-4-10(8)12(15)11(7)13(16)17-2/h3-6,15H,1-2H3. The Labute approximate surface area is 107 Å². The molecule has 0 spiro atoms. The Morgan fingerprint density at radius 3 is 2.71 bits per heavy atom. The van der Waals surface area contributed by atoms with E-state index in [1.807, 2.05) is 18.2 Å². The van der Waals surface area contributed by atoms with Crippen LogP contribution in [0.3, 0.4) is 0 Å². The number of hydrogen-bond donors (Lipinski definition) is 1. The van der Waals surface area contributed by atoms with Crippen molar-refractivity contribution in [1.29, 1.82) is 0 Å². The van der Waals surface area contributed by atoms with Crippen molar-refractivity contribution in [2.45, 2.75) is 6.92 Å². The zero-order chi connectivity index (χ0) is 12.6. The van der Waals surface area contributed by atoms with Crippen molar-refractivity contribution in [3.8, 4) is 5.75 Å². The number of fused-ring (bicyclic) bond motifs is 1. The highest BCUT2D eigenvalue weighted by atomic mass is 79.9. The number of hydrogen-bond acceptors (Lipinski definition) is 3. The summed E-state index contributed by atoms with van der Waals surface area (Å²) in [4.78, 5) is 11.6. The van der Waals surface area contributed by atoms with E-state index < -0.39 is 5.97 Å². The Hall–Kier alpha value is -1.55. The lowest BCUT2D eigenvalue weighted by Crippen LogP contribution is -2.04. The van der Waals surface area contributed by atoms with Gasteiger partial charge in [0.15, 0.2) is 0 Å². The Kier molecular flexibility index (Phi) is 3.07. The molecule has 88 valence electrons. The number of halogens is 1. The van der Waals surface area contributed by atoms with Crippen molar-refractivity contribution in [3.05, 3.63) is 39.9 Å². The first-order chi connectivity index (χ1) is 8.04. The van der Waals surface area contributed by atoms with Gasteiger partial charge in [-0.15, -0.1) is 0 Å². The third-order valence-electron chi connectivity index (χ3n) is 2.66. The molecule has 2 rings (SSSR count). The third-order valence-corrected chi connectivity index (χ3v) is 3.15. The van der Waals surface area contributed by atoms with Crippen molar-refractivity contribution in [2.24, 2.45) is 0 Å². The maximum absolute atomic E-state index is 11.6. The molecule has 1 N–H and O–H groups in total. The van der Waals surface area contributed by atoms with E-state index in [2.05, 4.69) is 20.7 Å². The summed E-state index contributed by atoms with van der Waals surface area (Å²) in [6, 6.07) is 7.33. The van der Waals surface area contributed by atoms with Crippen LogP contribution in [0.25, 0.3) is 10.8 Å². The molecule has 2 aromatic rings. The predicted molar refractivity (Wildman–Crippen MR) is 69.4 cm³/mol. The van der Waals surface area contributed by atoms with Gasteiger partial charge in [-0.05, 0) is 36.1 Å². The first-order valence-corrected chi connectivity index (χ1v) is 5.84. The summed E-state index contributed by atoms with van der Waals surface area (Å²) in [5.41, 5.74) is 0.919. The lowest BCUT2D eigenvalue weighted by Gasteiger charge is -2.10. The van der Waals surface area contributed by atoms with Crippen LogP contribution in [-0.4, -0.2) is 18.2 Å². The molecule has 0 fully saturated rings. The SMILES string of the molecule is COC(=O)c1c(C)cc2cc(Br)ccc2c1O. The molecule has 17 heavy (non-hydrogen) atoms. The van der Waals surface area contributed by atoms with E-state index in [1.165, 1.54) is 7.11 Å². The maximum atomic E-state index is 11.6. The molecule has 0 unspecified atom stereocenters. The van der Waals surface area contributed by atoms with E-state index in [0.717, 1.165) is 9.86 Å². The smallest absolute Gasteiger partial charge is 0.341 e. The summed E-state index contributed by atoms with van der Waals surface area (Å²) in [5, 5.41) is 11.6. The fourth-order valence-corrected chi connectivity index (χ4v) is 2.23. The zero-order valence-electron chi connectivity index (χ0n) is 9.45. The van der Waals surface area contributed by atoms with Crippen molar-refractivity contribution >= 4 is 32.7 Å². The fourth-order valence-electron chi connectivity index (χ4n) is 1.86. The molecular weight excluding hydrogens is 284 g/mol. The van der Waals surface area contributed by atoms with Crippen molar-refractivity contribution in [1.82, 2.24) is 0 Å². The summed E-state index contributed by atoms with van der Waals surface area (Å²) in [6.07, 6.45) is 0. The van der Waals surface area contributed by atoms with Gasteiger partial charge in [0.1, 0.15) is 11.3 Å². The van der Waals surface area contributed by atoms with E-state index in [4.69, 9.17) is 0 Å². The summed E-state index contributed by atoms with van der Waals surface area (Å²) in [6.45, 7) is 1.77. The van der Waals surface area contributed by atoms with Gasteiger partial charge in [0.25, 0.3) is 0 Å². The van der Waals surface area contributed by atoms with Crippen LogP contribution in [0, 0.1) is 6.92 Å². The number of benzene rings is 2. The number of esters is 1. The molecule has 0 atom stereocenters. The molecule has 0 aliphatic heterocycles. The van der Waals surface area contributed by atoms with Gasteiger partial charge in [-0.3, -0.25) is 0 Å². The number of phenols is 1. The van der Waals surface area contributed by atoms with Crippen LogP contribution in [0.2, 0.25) is 0 Å². The molecule has 0 saturated carbocycles. The maximum Gasteiger partial charge on any atom is 0.341 e. The topological polar surface area (TPSA) is 46.5 Å². The average Bonchev–Trinajstić information content (AvgIpc) is 2.28. The first kappa shape index (κ1) is 11.9. The van der Waals surface area contributed by atoms with Crippen LogP contribution in [0.1, 0.15) is 15.9 Å². The first-order valence-electron chi connectivity index (χ1n) is 5.04. The number of carbonyl (C=O) groups is 1. The molecule has 0 heterocycles. The van der Waals surface area contributed by atoms with Gasteiger partial charge in [0.05, 0.1) is 7.11 Å². The Morgan fingerprint density at radius 2 is 2.06 bits per heavy atom. The Bertz CT molecular complexity index is 605. The number of ether oxygens (including phenoxy) is 1. The van der Waals surface area contributed by atoms with Crippen LogP contribution < -0.4 is 0 Å². The molecule has 0 aromatic heterocycles. The molecule has 0 saturated heterocycles. The van der Waals surface area contributed by atoms with Crippen LogP contribution in [0.4, 0.5) is 0 Å². The molecular formula is C13H11BrO3. The highest BCUT2D eigenvalue weighted by Crippen LogP contribution is 2.33. The normalized spacial score (nSPS) is 10.5. The van der Waals surface area contributed by atoms with Crippen LogP contribution in [-0.2, 0) is 4.74 Å². The predicted octanol–water partition coefficient (Wildman–Crippen LogP) is 3.40. The molecule has 3 nitrogen and oxygen atoms in total. The molecule has 4 heteroatoms. The monoisotopic (exact) mass is 294 g/mol. The van der Waals surface area contributed by atoms with Gasteiger partial charge < -0.3 is 9.84 Å². The van der Waals surface area contributed by atoms with Gasteiger partial charge in [-0.25, -0.2) is 4.79 Å². The number of carbonyl (C=O) groups excluding carboxylic acids is 1. The third kappa shape index (κ3) is 2.00. The van der Waals surface area contributed by atoms with Gasteiger partial charge in [0, 0.05) is 9.86 Å². The van der Waals surface area contributed by atoms with Crippen molar-refractivity contribution < 1.29 is 14.6 Å². The Morgan fingerprint density at radius 1 is 1.35 bits per heavy atom. The second-order valence-corrected chi connectivity index (χ2v) is 4.69. The van der Waals surface area contributed by atoms with Crippen molar-refractivity contribution in [2.75, 3.05) is 7.11 Å². The zero-order valence-corrected chi connectivity index (χ0v) is 11.0. The molecule has 0 bridgehead atoms. The molecule has 0 aliphatic rings. The lowest BCUT2D eigenvalue weighted by atomic mass is 10.0. The minimum Gasteiger partial charge on any atom is -0.506 e. The van der Waals surface area contributed by atoms with E-state index in [1.54, 1.807) is 13.0 Å². The second-order valence-electron chi connectivity index (χ2n) is 3.77. The number of aryl methyl sites for hydroxylation is 1. The lowest BCUT2D eigenvalue weighted by molar-refractivity contribution is 0.0597. The number of aromatic hydroxyl groups is 1. The number of phenolic OH excluding ortho intramolecular Hbond substituents is 1. The number of methoxy groups -OCH3 is 1. The van der Waals surface area contributed by atoms with Crippen molar-refractivity contribution in [3.63, 3.8) is 0 Å². The highest BCUT2D eigenvalue weighted by molar-refractivity contribution is 9.10. The largest absolute Gasteiger partial charge is 0.506 e. The van der Waals surface area contributed by atoms with Gasteiger partial charge in [-0.2, -0.15) is 0 Å². The molecule has 0 radical (unpaired) electrons. The highest BCUT2D eigenvalue weighted by Gasteiger charge is 2.17. The minimum atomic E-state index is -0.523. The molecule has 0 amide bonds. The van der Waals surface area contributed by atoms with E-state index in [-0.39, 0.29) is 11.3 Å². The van der Waals surface area contributed by atoms with Crippen LogP contribution in [0.15, 0.2) is 28.7 Å². The van der Waals surface area contributed by atoms with E-state index in [9.17, 15) is 9.90 Å². The fraction of sp³-hybridized carbons (Fsp3) is 0.154. The molecule has 0 aliphatic carbocycles. The quantitative estimate of drug-likeness (QED) is 0.820. The van der Waals surface area contributed by atoms with Gasteiger partial charge >= 0.3 is 5.97 Å². The van der Waals surface area contributed by atoms with E-state index >= 15 is 0 Å². The van der Waals surface area contributed by atoms with E-state index in [0.29, 0.717) is 10.9 Å². The molecule has 2 aromatic carbocycles. The minimum absolute atomic E-state index is 0.0284. The summed E-state index contributed by atoms with van der Waals surface area (Å²) >= 11 is 3.37. The van der Waals surface area contributed by atoms with Gasteiger partial charge in [-0.1, -0.05) is 22.0 Å². The second kappa shape index (κ2) is 4.37. The number of rotatable bonds is 1. The summed E-state index contributed by atoms with van der Waals surface area (Å²) < 4.78 is 5.59. The van der Waals surface area contributed by atoms with Crippen LogP contribution in [0.5, 0.6) is 5.75 Å².